The molecule has 0 saturated heterocycles. The van der Waals surface area contributed by atoms with Crippen molar-refractivity contribution in [3.63, 3.8) is 0 Å². The summed E-state index contributed by atoms with van der Waals surface area (Å²) >= 11 is 1.52. The van der Waals surface area contributed by atoms with E-state index < -0.39 is 5.97 Å². The van der Waals surface area contributed by atoms with Gasteiger partial charge in [0.1, 0.15) is 17.3 Å². The molecule has 0 amide bonds. The average Bonchev–Trinajstić information content (AvgIpc) is 2.98. The molecular weight excluding hydrogens is 274 g/mol. The van der Waals surface area contributed by atoms with Gasteiger partial charge in [0.25, 0.3) is 0 Å². The van der Waals surface area contributed by atoms with Crippen LogP contribution in [0.1, 0.15) is 15.5 Å². The van der Waals surface area contributed by atoms with Crippen LogP contribution in [-0.2, 0) is 18.4 Å². The lowest BCUT2D eigenvalue weighted by atomic mass is 10.3. The van der Waals surface area contributed by atoms with Gasteiger partial charge in [-0.25, -0.2) is 9.78 Å². The fraction of sp³-hybridized carbons (Fsp3) is 0.143. The van der Waals surface area contributed by atoms with E-state index in [0.29, 0.717) is 11.4 Å². The molecule has 0 aliphatic carbocycles. The van der Waals surface area contributed by atoms with E-state index in [9.17, 15) is 4.79 Å². The highest BCUT2D eigenvalue weighted by atomic mass is 32.1. The molecule has 3 aromatic rings. The number of carbonyl (C=O) groups is 1. The number of benzene rings is 1. The van der Waals surface area contributed by atoms with E-state index >= 15 is 0 Å². The Hall–Kier alpha value is -2.34. The second-order valence-electron chi connectivity index (χ2n) is 4.42. The lowest BCUT2D eigenvalue weighted by Gasteiger charge is -2.03. The molecule has 0 radical (unpaired) electrons. The molecule has 0 aliphatic heterocycles. The van der Waals surface area contributed by atoms with Gasteiger partial charge in [0.15, 0.2) is 0 Å². The zero-order chi connectivity index (χ0) is 14.1. The molecule has 0 saturated carbocycles. The van der Waals surface area contributed by atoms with Gasteiger partial charge in [-0.1, -0.05) is 12.1 Å². The molecule has 5 nitrogen and oxygen atoms in total. The SMILES string of the molecule is Cn1cc(N)cc1C(=O)OCc1nc2ccccc2s1. The highest BCUT2D eigenvalue weighted by Gasteiger charge is 2.13. The number of ether oxygens (including phenoxy) is 1. The molecule has 102 valence electrons. The largest absolute Gasteiger partial charge is 0.454 e. The van der Waals surface area contributed by atoms with Gasteiger partial charge in [0, 0.05) is 13.2 Å². The Bertz CT molecular complexity index is 743. The van der Waals surface area contributed by atoms with Crippen molar-refractivity contribution < 1.29 is 9.53 Å². The highest BCUT2D eigenvalue weighted by Crippen LogP contribution is 2.22. The summed E-state index contributed by atoms with van der Waals surface area (Å²) in [5.74, 6) is -0.400. The van der Waals surface area contributed by atoms with E-state index in [1.165, 1.54) is 11.3 Å². The zero-order valence-electron chi connectivity index (χ0n) is 10.9. The van der Waals surface area contributed by atoms with Crippen LogP contribution in [0.5, 0.6) is 0 Å². The van der Waals surface area contributed by atoms with E-state index in [0.717, 1.165) is 15.2 Å². The standard InChI is InChI=1S/C14H13N3O2S/c1-17-7-9(15)6-11(17)14(18)19-8-13-16-10-4-2-3-5-12(10)20-13/h2-7H,8,15H2,1H3. The maximum atomic E-state index is 11.9. The van der Waals surface area contributed by atoms with Gasteiger partial charge in [0.2, 0.25) is 0 Å². The van der Waals surface area contributed by atoms with Crippen molar-refractivity contribution in [2.45, 2.75) is 6.61 Å². The third kappa shape index (κ3) is 2.37. The number of esters is 1. The molecule has 2 heterocycles. The van der Waals surface area contributed by atoms with Gasteiger partial charge in [-0.15, -0.1) is 11.3 Å². The summed E-state index contributed by atoms with van der Waals surface area (Å²) in [6, 6.07) is 9.43. The van der Waals surface area contributed by atoms with Crippen LogP contribution >= 0.6 is 11.3 Å². The van der Waals surface area contributed by atoms with Crippen LogP contribution in [0.3, 0.4) is 0 Å². The van der Waals surface area contributed by atoms with Gasteiger partial charge in [-0.05, 0) is 18.2 Å². The number of thiazole rings is 1. The smallest absolute Gasteiger partial charge is 0.355 e. The summed E-state index contributed by atoms with van der Waals surface area (Å²) in [6.07, 6.45) is 1.67. The summed E-state index contributed by atoms with van der Waals surface area (Å²) in [7, 11) is 1.75. The van der Waals surface area contributed by atoms with Crippen LogP contribution in [0.15, 0.2) is 36.5 Å². The second kappa shape index (κ2) is 4.97. The Balaban J connectivity index is 1.73. The van der Waals surface area contributed by atoms with Gasteiger partial charge < -0.3 is 15.0 Å². The molecule has 0 atom stereocenters. The number of hydrogen-bond acceptors (Lipinski definition) is 5. The van der Waals surface area contributed by atoms with E-state index in [-0.39, 0.29) is 6.61 Å². The van der Waals surface area contributed by atoms with Crippen molar-refractivity contribution in [1.29, 1.82) is 0 Å². The lowest BCUT2D eigenvalue weighted by molar-refractivity contribution is 0.0461. The normalized spacial score (nSPS) is 10.8. The van der Waals surface area contributed by atoms with Crippen LogP contribution < -0.4 is 5.73 Å². The minimum atomic E-state index is -0.400. The molecule has 1 aromatic carbocycles. The minimum absolute atomic E-state index is 0.170. The first kappa shape index (κ1) is 12.7. The number of nitrogens with zero attached hydrogens (tertiary/aromatic N) is 2. The summed E-state index contributed by atoms with van der Waals surface area (Å²) < 4.78 is 8.00. The van der Waals surface area contributed by atoms with Crippen LogP contribution in [-0.4, -0.2) is 15.5 Å². The van der Waals surface area contributed by atoms with Gasteiger partial charge >= 0.3 is 5.97 Å². The third-order valence-electron chi connectivity index (χ3n) is 2.90. The van der Waals surface area contributed by atoms with Crippen molar-refractivity contribution in [2.75, 3.05) is 5.73 Å². The molecule has 2 aromatic heterocycles. The number of hydrogen-bond donors (Lipinski definition) is 1. The van der Waals surface area contributed by atoms with E-state index in [4.69, 9.17) is 10.5 Å². The molecule has 0 spiro atoms. The predicted molar refractivity (Wildman–Crippen MR) is 78.6 cm³/mol. The van der Waals surface area contributed by atoms with E-state index in [2.05, 4.69) is 4.98 Å². The quantitative estimate of drug-likeness (QED) is 0.752. The zero-order valence-corrected chi connectivity index (χ0v) is 11.7. The number of fused-ring (bicyclic) bond motifs is 1. The fourth-order valence-electron chi connectivity index (χ4n) is 1.98. The maximum absolute atomic E-state index is 11.9. The van der Waals surface area contributed by atoms with Crippen molar-refractivity contribution in [3.8, 4) is 0 Å². The maximum Gasteiger partial charge on any atom is 0.355 e. The molecule has 0 aliphatic rings. The van der Waals surface area contributed by atoms with Crippen molar-refractivity contribution in [3.05, 3.63) is 47.2 Å². The summed E-state index contributed by atoms with van der Waals surface area (Å²) in [5, 5.41) is 0.779. The number of aromatic nitrogens is 2. The molecule has 20 heavy (non-hydrogen) atoms. The lowest BCUT2D eigenvalue weighted by Crippen LogP contribution is -2.09. The first-order chi connectivity index (χ1) is 9.63. The van der Waals surface area contributed by atoms with Crippen LogP contribution in [0.4, 0.5) is 5.69 Å². The number of anilines is 1. The number of para-hydroxylation sites is 1. The third-order valence-corrected chi connectivity index (χ3v) is 3.91. The highest BCUT2D eigenvalue weighted by molar-refractivity contribution is 7.18. The Morgan fingerprint density at radius 2 is 2.25 bits per heavy atom. The van der Waals surface area contributed by atoms with Gasteiger partial charge in [0.05, 0.1) is 15.9 Å². The Morgan fingerprint density at radius 1 is 1.45 bits per heavy atom. The minimum Gasteiger partial charge on any atom is -0.454 e. The summed E-state index contributed by atoms with van der Waals surface area (Å²) in [6.45, 7) is 0.170. The Kier molecular flexibility index (Phi) is 3.15. The predicted octanol–water partition coefficient (Wildman–Crippen LogP) is 2.57. The summed E-state index contributed by atoms with van der Waals surface area (Å²) in [4.78, 5) is 16.4. The van der Waals surface area contributed by atoms with Gasteiger partial charge in [-0.3, -0.25) is 0 Å². The molecule has 0 fully saturated rings. The first-order valence-corrected chi connectivity index (χ1v) is 6.88. The van der Waals surface area contributed by atoms with E-state index in [1.807, 2.05) is 24.3 Å². The Labute approximate surface area is 119 Å². The van der Waals surface area contributed by atoms with Crippen molar-refractivity contribution in [2.24, 2.45) is 7.05 Å². The second-order valence-corrected chi connectivity index (χ2v) is 5.54. The van der Waals surface area contributed by atoms with Crippen molar-refractivity contribution >= 4 is 33.2 Å². The molecule has 6 heteroatoms. The van der Waals surface area contributed by atoms with Crippen molar-refractivity contribution in [1.82, 2.24) is 9.55 Å². The first-order valence-electron chi connectivity index (χ1n) is 6.07. The molecule has 2 N–H and O–H groups in total. The topological polar surface area (TPSA) is 70.1 Å². The Morgan fingerprint density at radius 3 is 2.95 bits per heavy atom. The molecule has 0 unspecified atom stereocenters. The summed E-state index contributed by atoms with van der Waals surface area (Å²) in [5.41, 5.74) is 7.53. The number of aryl methyl sites for hydroxylation is 1. The molecular formula is C14H13N3O2S. The van der Waals surface area contributed by atoms with E-state index in [1.54, 1.807) is 23.9 Å². The molecule has 3 rings (SSSR count). The number of rotatable bonds is 3. The number of nitrogen functional groups attached to an aromatic ring is 1. The number of nitrogens with two attached hydrogens (primary N) is 1. The monoisotopic (exact) mass is 287 g/mol. The van der Waals surface area contributed by atoms with Crippen LogP contribution in [0, 0.1) is 0 Å². The van der Waals surface area contributed by atoms with Crippen LogP contribution in [0.25, 0.3) is 10.2 Å². The molecule has 0 bridgehead atoms. The van der Waals surface area contributed by atoms with Gasteiger partial charge in [-0.2, -0.15) is 0 Å². The number of carbonyl (C=O) groups excluding carboxylic acids is 1. The fourth-order valence-corrected chi connectivity index (χ4v) is 2.86. The van der Waals surface area contributed by atoms with Crippen LogP contribution in [0.2, 0.25) is 0 Å². The average molecular weight is 287 g/mol.